The largest absolute Gasteiger partial charge is 0.381 e. The van der Waals surface area contributed by atoms with Crippen LogP contribution >= 0.6 is 0 Å². The van der Waals surface area contributed by atoms with Gasteiger partial charge in [-0.1, -0.05) is 0 Å². The number of pyridine rings is 1. The molecule has 2 aromatic rings. The quantitative estimate of drug-likeness (QED) is 0.867. The lowest BCUT2D eigenvalue weighted by Gasteiger charge is -2.28. The summed E-state index contributed by atoms with van der Waals surface area (Å²) in [5, 5.41) is 0. The van der Waals surface area contributed by atoms with Crippen LogP contribution in [0.2, 0.25) is 0 Å². The zero-order valence-electron chi connectivity index (χ0n) is 12.1. The second-order valence-corrected chi connectivity index (χ2v) is 5.53. The third-order valence-electron chi connectivity index (χ3n) is 4.31. The van der Waals surface area contributed by atoms with Crippen molar-refractivity contribution in [3.63, 3.8) is 0 Å². The normalized spacial score (nSPS) is 22.3. The Kier molecular flexibility index (Phi) is 3.79. The summed E-state index contributed by atoms with van der Waals surface area (Å²) >= 11 is 0. The smallest absolute Gasteiger partial charge is 0.270 e. The van der Waals surface area contributed by atoms with Gasteiger partial charge < -0.3 is 15.1 Å². The van der Waals surface area contributed by atoms with E-state index in [0.717, 1.165) is 37.1 Å². The van der Waals surface area contributed by atoms with Gasteiger partial charge in [0, 0.05) is 37.2 Å². The predicted octanol–water partition coefficient (Wildman–Crippen LogP) is 1.42. The number of imidazole rings is 1. The van der Waals surface area contributed by atoms with Crippen LogP contribution in [0.1, 0.15) is 37.3 Å². The van der Waals surface area contributed by atoms with Gasteiger partial charge in [-0.2, -0.15) is 0 Å². The Hall–Kier alpha value is -2.08. The minimum absolute atomic E-state index is 0.190. The molecule has 0 aromatic carbocycles. The molecule has 0 radical (unpaired) electrons. The third kappa shape index (κ3) is 2.71. The average molecular weight is 288 g/mol. The summed E-state index contributed by atoms with van der Waals surface area (Å²) < 4.78 is 8.50. The van der Waals surface area contributed by atoms with E-state index in [2.05, 4.69) is 4.98 Å². The van der Waals surface area contributed by atoms with Crippen LogP contribution in [0.15, 0.2) is 35.6 Å². The monoisotopic (exact) mass is 288 g/mol. The molecule has 2 heterocycles. The summed E-state index contributed by atoms with van der Waals surface area (Å²) in [5.74, 6) is 6.25. The van der Waals surface area contributed by atoms with Gasteiger partial charge in [-0.15, -0.1) is 0 Å². The number of rotatable bonds is 3. The highest BCUT2D eigenvalue weighted by Gasteiger charge is 2.24. The first kappa shape index (κ1) is 13.9. The molecule has 0 unspecified atom stereocenters. The van der Waals surface area contributed by atoms with Gasteiger partial charge in [0.25, 0.3) is 5.56 Å². The molecule has 21 heavy (non-hydrogen) atoms. The van der Waals surface area contributed by atoms with Crippen LogP contribution in [0, 0.1) is 0 Å². The van der Waals surface area contributed by atoms with Gasteiger partial charge in [-0.3, -0.25) is 4.79 Å². The van der Waals surface area contributed by atoms with E-state index < -0.39 is 0 Å². The summed E-state index contributed by atoms with van der Waals surface area (Å²) in [6.07, 6.45) is 9.51. The van der Waals surface area contributed by atoms with E-state index in [1.165, 1.54) is 10.7 Å². The Morgan fingerprint density at radius 3 is 2.67 bits per heavy atom. The molecule has 1 fully saturated rings. The van der Waals surface area contributed by atoms with Gasteiger partial charge in [0.15, 0.2) is 0 Å². The molecular weight excluding hydrogens is 268 g/mol. The lowest BCUT2D eigenvalue weighted by atomic mass is 9.85. The van der Waals surface area contributed by atoms with Crippen molar-refractivity contribution in [2.75, 3.05) is 13.0 Å². The van der Waals surface area contributed by atoms with Crippen molar-refractivity contribution in [3.8, 4) is 5.69 Å². The molecular formula is C15H20N4O2. The van der Waals surface area contributed by atoms with E-state index in [0.29, 0.717) is 12.0 Å². The van der Waals surface area contributed by atoms with E-state index in [4.69, 9.17) is 10.6 Å². The Balaban J connectivity index is 1.93. The Morgan fingerprint density at radius 2 is 2.05 bits per heavy atom. The molecule has 1 aliphatic rings. The fourth-order valence-corrected chi connectivity index (χ4v) is 3.06. The second-order valence-electron chi connectivity index (χ2n) is 5.53. The molecule has 0 amide bonds. The second kappa shape index (κ2) is 5.73. The fraction of sp³-hybridized carbons (Fsp3) is 0.467. The van der Waals surface area contributed by atoms with Crippen LogP contribution < -0.4 is 11.4 Å². The number of hydrogen-bond acceptors (Lipinski definition) is 4. The van der Waals surface area contributed by atoms with Crippen LogP contribution in [-0.4, -0.2) is 27.4 Å². The van der Waals surface area contributed by atoms with Gasteiger partial charge in [-0.05, 0) is 31.7 Å². The summed E-state index contributed by atoms with van der Waals surface area (Å²) in [6.45, 7) is 0. The maximum Gasteiger partial charge on any atom is 0.270 e. The molecule has 3 rings (SSSR count). The van der Waals surface area contributed by atoms with Gasteiger partial charge in [-0.25, -0.2) is 9.66 Å². The summed E-state index contributed by atoms with van der Waals surface area (Å²) in [7, 11) is 1.75. The molecule has 2 N–H and O–H groups in total. The maximum absolute atomic E-state index is 12.1. The number of nitrogens with two attached hydrogens (primary N) is 1. The standard InChI is InChI=1S/C15H20N4O2/c1-21-13-4-2-11(3-5-13)14-8-12(9-15(20)19(14)16)18-7-6-17-10-18/h6-11,13H,2-5,16H2,1H3. The van der Waals surface area contributed by atoms with Crippen molar-refractivity contribution in [1.29, 1.82) is 0 Å². The zero-order chi connectivity index (χ0) is 14.8. The van der Waals surface area contributed by atoms with E-state index in [1.54, 1.807) is 19.6 Å². The van der Waals surface area contributed by atoms with Gasteiger partial charge >= 0.3 is 0 Å². The molecule has 0 saturated heterocycles. The minimum Gasteiger partial charge on any atom is -0.381 e. The lowest BCUT2D eigenvalue weighted by Crippen LogP contribution is -2.33. The van der Waals surface area contributed by atoms with Crippen LogP contribution in [0.3, 0.4) is 0 Å². The first-order valence-corrected chi connectivity index (χ1v) is 7.22. The molecule has 0 aliphatic heterocycles. The molecule has 0 bridgehead atoms. The first-order chi connectivity index (χ1) is 10.2. The summed E-state index contributed by atoms with van der Waals surface area (Å²) in [5.41, 5.74) is 1.51. The summed E-state index contributed by atoms with van der Waals surface area (Å²) in [6, 6.07) is 3.52. The van der Waals surface area contributed by atoms with Crippen LogP contribution in [0.4, 0.5) is 0 Å². The topological polar surface area (TPSA) is 75.1 Å². The highest BCUT2D eigenvalue weighted by atomic mass is 16.5. The van der Waals surface area contributed by atoms with Crippen molar-refractivity contribution in [3.05, 3.63) is 46.9 Å². The molecule has 1 aliphatic carbocycles. The van der Waals surface area contributed by atoms with Crippen molar-refractivity contribution in [2.24, 2.45) is 0 Å². The molecule has 6 heteroatoms. The average Bonchev–Trinajstić information content (AvgIpc) is 3.04. The molecule has 112 valence electrons. The van der Waals surface area contributed by atoms with E-state index >= 15 is 0 Å². The number of nitrogen functional groups attached to an aromatic ring is 1. The van der Waals surface area contributed by atoms with Gasteiger partial charge in [0.1, 0.15) is 0 Å². The van der Waals surface area contributed by atoms with Crippen molar-refractivity contribution in [2.45, 2.75) is 37.7 Å². The maximum atomic E-state index is 12.1. The Bertz CT molecular complexity index is 655. The van der Waals surface area contributed by atoms with E-state index in [1.807, 2.05) is 16.8 Å². The lowest BCUT2D eigenvalue weighted by molar-refractivity contribution is 0.0652. The highest BCUT2D eigenvalue weighted by Crippen LogP contribution is 2.33. The van der Waals surface area contributed by atoms with E-state index in [9.17, 15) is 4.79 Å². The zero-order valence-corrected chi connectivity index (χ0v) is 12.1. The van der Waals surface area contributed by atoms with Gasteiger partial charge in [0.2, 0.25) is 0 Å². The van der Waals surface area contributed by atoms with E-state index in [-0.39, 0.29) is 5.56 Å². The highest BCUT2D eigenvalue weighted by molar-refractivity contribution is 5.34. The third-order valence-corrected chi connectivity index (χ3v) is 4.31. The van der Waals surface area contributed by atoms with Crippen LogP contribution in [0.5, 0.6) is 0 Å². The SMILES string of the molecule is COC1CCC(c2cc(-n3ccnc3)cc(=O)n2N)CC1. The van der Waals surface area contributed by atoms with Gasteiger partial charge in [0.05, 0.1) is 18.1 Å². The number of nitrogens with zero attached hydrogens (tertiary/aromatic N) is 3. The number of ether oxygens (including phenoxy) is 1. The first-order valence-electron chi connectivity index (χ1n) is 7.22. The number of aromatic nitrogens is 3. The fourth-order valence-electron chi connectivity index (χ4n) is 3.06. The van der Waals surface area contributed by atoms with Crippen molar-refractivity contribution in [1.82, 2.24) is 14.2 Å². The molecule has 1 saturated carbocycles. The number of hydrogen-bond donors (Lipinski definition) is 1. The molecule has 2 aromatic heterocycles. The van der Waals surface area contributed by atoms with Crippen LogP contribution in [0.25, 0.3) is 5.69 Å². The summed E-state index contributed by atoms with van der Waals surface area (Å²) in [4.78, 5) is 16.1. The van der Waals surface area contributed by atoms with Crippen molar-refractivity contribution >= 4 is 0 Å². The molecule has 0 atom stereocenters. The minimum atomic E-state index is -0.190. The number of methoxy groups -OCH3 is 1. The van der Waals surface area contributed by atoms with Crippen molar-refractivity contribution < 1.29 is 4.74 Å². The molecule has 6 nitrogen and oxygen atoms in total. The Morgan fingerprint density at radius 1 is 1.29 bits per heavy atom. The van der Waals surface area contributed by atoms with Crippen LogP contribution in [-0.2, 0) is 4.74 Å². The Labute approximate surface area is 123 Å². The predicted molar refractivity (Wildman–Crippen MR) is 80.0 cm³/mol. The molecule has 0 spiro atoms.